The molecule has 0 radical (unpaired) electrons. The summed E-state index contributed by atoms with van der Waals surface area (Å²) in [7, 11) is 0. The lowest BCUT2D eigenvalue weighted by Crippen LogP contribution is -2.34. The number of carbonyl (C=O) groups excluding carboxylic acids is 1. The van der Waals surface area contributed by atoms with Crippen LogP contribution in [0.4, 0.5) is 11.5 Å². The molecule has 62 valence electrons. The van der Waals surface area contributed by atoms with Crippen LogP contribution in [0.1, 0.15) is 0 Å². The average Bonchev–Trinajstić information content (AvgIpc) is 2.17. The molecule has 0 fully saturated rings. The molecule has 2 N–H and O–H groups in total. The van der Waals surface area contributed by atoms with Gasteiger partial charge in [0.25, 0.3) is 0 Å². The van der Waals surface area contributed by atoms with E-state index in [1.54, 1.807) is 6.20 Å². The van der Waals surface area contributed by atoms with E-state index in [1.165, 1.54) is 6.33 Å². The van der Waals surface area contributed by atoms with Gasteiger partial charge in [0.15, 0.2) is 5.82 Å². The Morgan fingerprint density at radius 2 is 2.58 bits per heavy atom. The summed E-state index contributed by atoms with van der Waals surface area (Å²) in [6.45, 7) is 0.577. The largest absolute Gasteiger partial charge is 0.370 e. The molecule has 0 saturated carbocycles. The van der Waals surface area contributed by atoms with Crippen molar-refractivity contribution >= 4 is 17.8 Å². The molecule has 0 spiro atoms. The minimum absolute atomic E-state index is 0.177. The lowest BCUT2D eigenvalue weighted by atomic mass is 10.2. The predicted molar refractivity (Wildman–Crippen MR) is 44.0 cm³/mol. The Labute approximate surface area is 69.2 Å². The van der Waals surface area contributed by atoms with Crippen LogP contribution in [-0.4, -0.2) is 28.8 Å². The first-order chi connectivity index (χ1) is 5.90. The maximum Gasteiger partial charge on any atom is 0.152 e. The second-order valence-electron chi connectivity index (χ2n) is 2.55. The second-order valence-corrected chi connectivity index (χ2v) is 2.55. The Morgan fingerprint density at radius 1 is 1.67 bits per heavy atom. The molecule has 1 aliphatic heterocycles. The fraction of sp³-hybridized carbons (Fsp3) is 0.286. The third kappa shape index (κ3) is 1.09. The second kappa shape index (κ2) is 2.77. The monoisotopic (exact) mass is 164 g/mol. The molecule has 1 aliphatic rings. The highest BCUT2D eigenvalue weighted by atomic mass is 16.1. The number of fused-ring (bicyclic) bond motifs is 1. The fourth-order valence-corrected chi connectivity index (χ4v) is 1.12. The van der Waals surface area contributed by atoms with Crippen molar-refractivity contribution in [1.29, 1.82) is 0 Å². The van der Waals surface area contributed by atoms with Crippen molar-refractivity contribution in [3.63, 3.8) is 0 Å². The standard InChI is InChI=1S/C7H8N4O/c12-3-5-1-9-7-6(11-5)2-8-4-10-7/h2-5,11H,1H2,(H,8,9,10). The van der Waals surface area contributed by atoms with E-state index in [9.17, 15) is 4.79 Å². The van der Waals surface area contributed by atoms with Crippen molar-refractivity contribution < 1.29 is 4.79 Å². The predicted octanol–water partition coefficient (Wildman–Crippen LogP) is -0.119. The summed E-state index contributed by atoms with van der Waals surface area (Å²) in [6.07, 6.45) is 3.97. The van der Waals surface area contributed by atoms with Crippen molar-refractivity contribution in [1.82, 2.24) is 9.97 Å². The van der Waals surface area contributed by atoms with Crippen molar-refractivity contribution in [2.24, 2.45) is 0 Å². The van der Waals surface area contributed by atoms with Crippen LogP contribution in [0.2, 0.25) is 0 Å². The molecule has 0 aliphatic carbocycles. The number of carbonyl (C=O) groups is 1. The zero-order valence-corrected chi connectivity index (χ0v) is 6.32. The van der Waals surface area contributed by atoms with E-state index in [2.05, 4.69) is 20.6 Å². The Kier molecular flexibility index (Phi) is 1.62. The van der Waals surface area contributed by atoms with Gasteiger partial charge in [-0.25, -0.2) is 9.97 Å². The molecular formula is C7H8N4O. The first-order valence-electron chi connectivity index (χ1n) is 3.66. The van der Waals surface area contributed by atoms with Gasteiger partial charge < -0.3 is 15.4 Å². The van der Waals surface area contributed by atoms with E-state index in [4.69, 9.17) is 0 Å². The molecule has 0 aromatic carbocycles. The molecule has 1 unspecified atom stereocenters. The van der Waals surface area contributed by atoms with Gasteiger partial charge in [-0.1, -0.05) is 0 Å². The zero-order valence-electron chi connectivity index (χ0n) is 6.32. The molecule has 5 heteroatoms. The average molecular weight is 164 g/mol. The molecule has 1 aromatic rings. The number of hydrogen-bond acceptors (Lipinski definition) is 5. The van der Waals surface area contributed by atoms with Gasteiger partial charge in [0, 0.05) is 6.54 Å². The van der Waals surface area contributed by atoms with Gasteiger partial charge in [-0.05, 0) is 0 Å². The number of aldehydes is 1. The van der Waals surface area contributed by atoms with Gasteiger partial charge in [0.05, 0.1) is 17.9 Å². The number of nitrogens with one attached hydrogen (secondary N) is 2. The van der Waals surface area contributed by atoms with E-state index in [0.29, 0.717) is 6.54 Å². The van der Waals surface area contributed by atoms with E-state index in [-0.39, 0.29) is 6.04 Å². The summed E-state index contributed by atoms with van der Waals surface area (Å²) in [6, 6.07) is -0.177. The van der Waals surface area contributed by atoms with Gasteiger partial charge in [-0.15, -0.1) is 0 Å². The van der Waals surface area contributed by atoms with Crippen molar-refractivity contribution in [3.8, 4) is 0 Å². The van der Waals surface area contributed by atoms with Crippen molar-refractivity contribution in [2.45, 2.75) is 6.04 Å². The lowest BCUT2D eigenvalue weighted by molar-refractivity contribution is -0.108. The molecule has 5 nitrogen and oxygen atoms in total. The van der Waals surface area contributed by atoms with E-state index in [1.807, 2.05) is 0 Å². The van der Waals surface area contributed by atoms with E-state index >= 15 is 0 Å². The minimum Gasteiger partial charge on any atom is -0.370 e. The van der Waals surface area contributed by atoms with Crippen molar-refractivity contribution in [2.75, 3.05) is 17.2 Å². The Balaban J connectivity index is 2.28. The molecular weight excluding hydrogens is 156 g/mol. The Bertz CT molecular complexity index is 301. The topological polar surface area (TPSA) is 66.9 Å². The molecule has 1 atom stereocenters. The zero-order chi connectivity index (χ0) is 8.39. The molecule has 0 bridgehead atoms. The molecule has 2 heterocycles. The highest BCUT2D eigenvalue weighted by Gasteiger charge is 2.16. The SMILES string of the molecule is O=CC1CNc2ncncc2N1. The van der Waals surface area contributed by atoms with Crippen molar-refractivity contribution in [3.05, 3.63) is 12.5 Å². The van der Waals surface area contributed by atoms with Crippen LogP contribution in [0.3, 0.4) is 0 Å². The summed E-state index contributed by atoms with van der Waals surface area (Å²) in [5, 5.41) is 6.01. The molecule has 12 heavy (non-hydrogen) atoms. The summed E-state index contributed by atoms with van der Waals surface area (Å²) >= 11 is 0. The Morgan fingerprint density at radius 3 is 3.42 bits per heavy atom. The van der Waals surface area contributed by atoms with Gasteiger partial charge >= 0.3 is 0 Å². The van der Waals surface area contributed by atoms with E-state index < -0.39 is 0 Å². The highest BCUT2D eigenvalue weighted by Crippen LogP contribution is 2.20. The molecule has 0 amide bonds. The molecule has 1 aromatic heterocycles. The number of rotatable bonds is 1. The summed E-state index contributed by atoms with van der Waals surface area (Å²) < 4.78 is 0. The van der Waals surface area contributed by atoms with Gasteiger partial charge in [-0.3, -0.25) is 0 Å². The third-order valence-electron chi connectivity index (χ3n) is 1.71. The van der Waals surface area contributed by atoms with E-state index in [0.717, 1.165) is 17.8 Å². The maximum atomic E-state index is 10.4. The number of aromatic nitrogens is 2. The minimum atomic E-state index is -0.177. The van der Waals surface area contributed by atoms with Crippen LogP contribution < -0.4 is 10.6 Å². The first kappa shape index (κ1) is 7.02. The normalized spacial score (nSPS) is 20.2. The van der Waals surface area contributed by atoms with Gasteiger partial charge in [0.1, 0.15) is 12.6 Å². The van der Waals surface area contributed by atoms with Crippen LogP contribution in [0.25, 0.3) is 0 Å². The number of anilines is 2. The lowest BCUT2D eigenvalue weighted by Gasteiger charge is -2.22. The summed E-state index contributed by atoms with van der Waals surface area (Å²) in [5.41, 5.74) is 0.779. The Hall–Kier alpha value is -1.65. The third-order valence-corrected chi connectivity index (χ3v) is 1.71. The van der Waals surface area contributed by atoms with Crippen LogP contribution in [0, 0.1) is 0 Å². The number of nitrogens with zero attached hydrogens (tertiary/aromatic N) is 2. The van der Waals surface area contributed by atoms with Gasteiger partial charge in [0.2, 0.25) is 0 Å². The van der Waals surface area contributed by atoms with Crippen LogP contribution in [0.15, 0.2) is 12.5 Å². The summed E-state index contributed by atoms with van der Waals surface area (Å²) in [4.78, 5) is 18.3. The van der Waals surface area contributed by atoms with Crippen LogP contribution in [-0.2, 0) is 4.79 Å². The smallest absolute Gasteiger partial charge is 0.152 e. The van der Waals surface area contributed by atoms with Gasteiger partial charge in [-0.2, -0.15) is 0 Å². The maximum absolute atomic E-state index is 10.4. The first-order valence-corrected chi connectivity index (χ1v) is 3.66. The molecule has 2 rings (SSSR count). The van der Waals surface area contributed by atoms with Crippen LogP contribution in [0.5, 0.6) is 0 Å². The quantitative estimate of drug-likeness (QED) is 0.566. The van der Waals surface area contributed by atoms with Crippen LogP contribution >= 0.6 is 0 Å². The number of hydrogen-bond donors (Lipinski definition) is 2. The highest BCUT2D eigenvalue weighted by molar-refractivity contribution is 5.74. The summed E-state index contributed by atoms with van der Waals surface area (Å²) in [5.74, 6) is 0.753. The molecule has 0 saturated heterocycles. The fourth-order valence-electron chi connectivity index (χ4n) is 1.12.